The van der Waals surface area contributed by atoms with Crippen molar-refractivity contribution in [2.24, 2.45) is 5.73 Å². The Balaban J connectivity index is 3.60. The molecular weight excluding hydrogens is 158 g/mol. The van der Waals surface area contributed by atoms with Gasteiger partial charge in [-0.15, -0.1) is 0 Å². The predicted octanol–water partition coefficient (Wildman–Crippen LogP) is 3.42. The Hall–Kier alpha value is -0.560. The smallest absolute Gasteiger partial charge is 0.0136 e. The first kappa shape index (κ1) is 12.4. The van der Waals surface area contributed by atoms with Crippen LogP contribution in [0.4, 0.5) is 0 Å². The number of unbranched alkanes of at least 4 members (excludes halogenated alkanes) is 1. The standard InChI is InChI=1S/C12H23N/c1-3-5-6-7-8-10-12(11-13)9-4-2/h5-6,10H,3-4,7-9,11,13H2,1-2H3/b6-5-,12-10?. The van der Waals surface area contributed by atoms with Crippen molar-refractivity contribution in [1.82, 2.24) is 0 Å². The van der Waals surface area contributed by atoms with E-state index in [1.807, 2.05) is 0 Å². The van der Waals surface area contributed by atoms with Crippen LogP contribution in [0.3, 0.4) is 0 Å². The Kier molecular flexibility index (Phi) is 9.12. The van der Waals surface area contributed by atoms with Crippen molar-refractivity contribution >= 4 is 0 Å². The van der Waals surface area contributed by atoms with E-state index in [1.165, 1.54) is 12.0 Å². The Morgan fingerprint density at radius 2 is 1.92 bits per heavy atom. The highest BCUT2D eigenvalue weighted by atomic mass is 14.5. The van der Waals surface area contributed by atoms with Crippen molar-refractivity contribution in [2.75, 3.05) is 6.54 Å². The molecule has 0 atom stereocenters. The molecule has 0 aromatic rings. The molecule has 0 amide bonds. The Morgan fingerprint density at radius 1 is 1.15 bits per heavy atom. The SMILES string of the molecule is CC/C=C\CCC=C(CN)CCC. The molecule has 0 unspecified atom stereocenters. The third-order valence-corrected chi connectivity index (χ3v) is 2.00. The van der Waals surface area contributed by atoms with Crippen LogP contribution in [0.5, 0.6) is 0 Å². The molecule has 0 aliphatic rings. The van der Waals surface area contributed by atoms with Gasteiger partial charge in [0.05, 0.1) is 0 Å². The molecule has 0 aromatic carbocycles. The number of hydrogen-bond donors (Lipinski definition) is 1. The maximum absolute atomic E-state index is 5.61. The highest BCUT2D eigenvalue weighted by Gasteiger charge is 1.90. The van der Waals surface area contributed by atoms with Crippen LogP contribution in [0.2, 0.25) is 0 Å². The number of allylic oxidation sites excluding steroid dienone is 3. The molecule has 0 saturated heterocycles. The highest BCUT2D eigenvalue weighted by Crippen LogP contribution is 2.05. The van der Waals surface area contributed by atoms with Crippen LogP contribution in [0.25, 0.3) is 0 Å². The lowest BCUT2D eigenvalue weighted by Crippen LogP contribution is -2.02. The summed E-state index contributed by atoms with van der Waals surface area (Å²) < 4.78 is 0. The summed E-state index contributed by atoms with van der Waals surface area (Å²) in [5.41, 5.74) is 7.02. The first-order valence-corrected chi connectivity index (χ1v) is 5.38. The van der Waals surface area contributed by atoms with Gasteiger partial charge in [-0.2, -0.15) is 0 Å². The van der Waals surface area contributed by atoms with Crippen molar-refractivity contribution < 1.29 is 0 Å². The van der Waals surface area contributed by atoms with Gasteiger partial charge in [-0.1, -0.05) is 44.1 Å². The second-order valence-electron chi connectivity index (χ2n) is 3.27. The van der Waals surface area contributed by atoms with Gasteiger partial charge in [0.1, 0.15) is 0 Å². The molecule has 0 aromatic heterocycles. The molecule has 0 spiro atoms. The Bertz CT molecular complexity index is 157. The van der Waals surface area contributed by atoms with E-state index in [-0.39, 0.29) is 0 Å². The highest BCUT2D eigenvalue weighted by molar-refractivity contribution is 5.03. The van der Waals surface area contributed by atoms with Gasteiger partial charge in [-0.3, -0.25) is 0 Å². The summed E-state index contributed by atoms with van der Waals surface area (Å²) in [7, 11) is 0. The van der Waals surface area contributed by atoms with E-state index in [0.717, 1.165) is 32.2 Å². The van der Waals surface area contributed by atoms with Crippen molar-refractivity contribution in [1.29, 1.82) is 0 Å². The molecule has 0 bridgehead atoms. The Morgan fingerprint density at radius 3 is 2.46 bits per heavy atom. The molecule has 1 heteroatoms. The monoisotopic (exact) mass is 181 g/mol. The third-order valence-electron chi connectivity index (χ3n) is 2.00. The van der Waals surface area contributed by atoms with Crippen LogP contribution in [0, 0.1) is 0 Å². The van der Waals surface area contributed by atoms with Crippen LogP contribution in [-0.4, -0.2) is 6.54 Å². The van der Waals surface area contributed by atoms with Crippen molar-refractivity contribution in [2.45, 2.75) is 46.0 Å². The summed E-state index contributed by atoms with van der Waals surface area (Å²) in [4.78, 5) is 0. The quantitative estimate of drug-likeness (QED) is 0.472. The van der Waals surface area contributed by atoms with Crippen molar-refractivity contribution in [3.8, 4) is 0 Å². The summed E-state index contributed by atoms with van der Waals surface area (Å²) in [5.74, 6) is 0. The molecule has 0 radical (unpaired) electrons. The minimum absolute atomic E-state index is 0.728. The second-order valence-corrected chi connectivity index (χ2v) is 3.27. The summed E-state index contributed by atoms with van der Waals surface area (Å²) in [6.45, 7) is 5.08. The normalized spacial score (nSPS) is 12.7. The van der Waals surface area contributed by atoms with Gasteiger partial charge in [0.25, 0.3) is 0 Å². The van der Waals surface area contributed by atoms with E-state index < -0.39 is 0 Å². The van der Waals surface area contributed by atoms with Crippen molar-refractivity contribution in [3.05, 3.63) is 23.8 Å². The van der Waals surface area contributed by atoms with E-state index in [4.69, 9.17) is 5.73 Å². The summed E-state index contributed by atoms with van der Waals surface area (Å²) in [6.07, 6.45) is 12.6. The molecule has 76 valence electrons. The lowest BCUT2D eigenvalue weighted by atomic mass is 10.1. The molecule has 2 N–H and O–H groups in total. The molecule has 0 fully saturated rings. The van der Waals surface area contributed by atoms with Gasteiger partial charge < -0.3 is 5.73 Å². The zero-order valence-corrected chi connectivity index (χ0v) is 9.05. The molecular formula is C12H23N. The van der Waals surface area contributed by atoms with E-state index >= 15 is 0 Å². The van der Waals surface area contributed by atoms with Gasteiger partial charge in [-0.05, 0) is 25.7 Å². The maximum atomic E-state index is 5.61. The second kappa shape index (κ2) is 9.53. The average Bonchev–Trinajstić information content (AvgIpc) is 2.16. The first-order chi connectivity index (χ1) is 6.35. The molecule has 1 nitrogen and oxygen atoms in total. The van der Waals surface area contributed by atoms with Crippen LogP contribution in [-0.2, 0) is 0 Å². The summed E-state index contributed by atoms with van der Waals surface area (Å²) in [5, 5.41) is 0. The summed E-state index contributed by atoms with van der Waals surface area (Å²) >= 11 is 0. The van der Waals surface area contributed by atoms with Gasteiger partial charge >= 0.3 is 0 Å². The minimum Gasteiger partial charge on any atom is -0.327 e. The molecule has 13 heavy (non-hydrogen) atoms. The molecule has 0 aliphatic heterocycles. The van der Waals surface area contributed by atoms with Crippen molar-refractivity contribution in [3.63, 3.8) is 0 Å². The van der Waals surface area contributed by atoms with Gasteiger partial charge in [0.2, 0.25) is 0 Å². The first-order valence-electron chi connectivity index (χ1n) is 5.38. The van der Waals surface area contributed by atoms with Crippen LogP contribution in [0.15, 0.2) is 23.8 Å². The molecule has 0 aliphatic carbocycles. The lowest BCUT2D eigenvalue weighted by molar-refractivity contribution is 0.858. The third kappa shape index (κ3) is 7.79. The van der Waals surface area contributed by atoms with Crippen LogP contribution in [0.1, 0.15) is 46.0 Å². The van der Waals surface area contributed by atoms with Gasteiger partial charge in [-0.25, -0.2) is 0 Å². The van der Waals surface area contributed by atoms with E-state index in [1.54, 1.807) is 0 Å². The zero-order valence-electron chi connectivity index (χ0n) is 9.05. The molecule has 0 rings (SSSR count). The van der Waals surface area contributed by atoms with E-state index in [9.17, 15) is 0 Å². The number of rotatable bonds is 7. The fourth-order valence-electron chi connectivity index (χ4n) is 1.28. The summed E-state index contributed by atoms with van der Waals surface area (Å²) in [6, 6.07) is 0. The molecule has 0 heterocycles. The average molecular weight is 181 g/mol. The minimum atomic E-state index is 0.728. The molecule has 0 saturated carbocycles. The largest absolute Gasteiger partial charge is 0.327 e. The van der Waals surface area contributed by atoms with E-state index in [2.05, 4.69) is 32.1 Å². The maximum Gasteiger partial charge on any atom is 0.0136 e. The number of nitrogens with two attached hydrogens (primary N) is 1. The van der Waals surface area contributed by atoms with Gasteiger partial charge in [0.15, 0.2) is 0 Å². The predicted molar refractivity (Wildman–Crippen MR) is 60.7 cm³/mol. The van der Waals surface area contributed by atoms with Crippen LogP contribution >= 0.6 is 0 Å². The number of hydrogen-bond acceptors (Lipinski definition) is 1. The van der Waals surface area contributed by atoms with Crippen LogP contribution < -0.4 is 5.73 Å². The zero-order chi connectivity index (χ0) is 9.94. The fourth-order valence-corrected chi connectivity index (χ4v) is 1.28. The topological polar surface area (TPSA) is 26.0 Å². The van der Waals surface area contributed by atoms with E-state index in [0.29, 0.717) is 0 Å². The van der Waals surface area contributed by atoms with Gasteiger partial charge in [0, 0.05) is 6.54 Å². The fraction of sp³-hybridized carbons (Fsp3) is 0.667. The Labute approximate surface area is 82.7 Å². The lowest BCUT2D eigenvalue weighted by Gasteiger charge is -2.00.